The Morgan fingerprint density at radius 3 is 2.68 bits per heavy atom. The van der Waals surface area contributed by atoms with Crippen LogP contribution in [0, 0.1) is 6.92 Å². The van der Waals surface area contributed by atoms with Gasteiger partial charge in [0.15, 0.2) is 0 Å². The minimum atomic E-state index is -0.234. The molecule has 0 aliphatic heterocycles. The molecule has 4 heteroatoms. The summed E-state index contributed by atoms with van der Waals surface area (Å²) in [6.45, 7) is 3.00. The topological polar surface area (TPSA) is 67.2 Å². The van der Waals surface area contributed by atoms with Crippen LogP contribution in [0.3, 0.4) is 0 Å². The van der Waals surface area contributed by atoms with Crippen LogP contribution in [0.25, 0.3) is 6.08 Å². The second kappa shape index (κ2) is 8.00. The summed E-state index contributed by atoms with van der Waals surface area (Å²) in [7, 11) is 0. The third-order valence-corrected chi connectivity index (χ3v) is 3.21. The summed E-state index contributed by atoms with van der Waals surface area (Å²) in [5.74, 6) is 0. The molecule has 4 N–H and O–H groups in total. The van der Waals surface area contributed by atoms with E-state index in [0.29, 0.717) is 13.1 Å². The number of urea groups is 1. The Morgan fingerprint density at radius 1 is 1.14 bits per heavy atom. The third kappa shape index (κ3) is 5.07. The molecular weight excluding hydrogens is 274 g/mol. The summed E-state index contributed by atoms with van der Waals surface area (Å²) in [5.41, 5.74) is 9.92. The number of aryl methyl sites for hydroxylation is 1. The van der Waals surface area contributed by atoms with Crippen molar-refractivity contribution in [1.29, 1.82) is 0 Å². The minimum Gasteiger partial charge on any atom is -0.334 e. The van der Waals surface area contributed by atoms with Crippen LogP contribution in [0.1, 0.15) is 22.3 Å². The van der Waals surface area contributed by atoms with Crippen molar-refractivity contribution in [3.8, 4) is 0 Å². The van der Waals surface area contributed by atoms with E-state index in [9.17, 15) is 4.79 Å². The zero-order valence-electron chi connectivity index (χ0n) is 12.7. The summed E-state index contributed by atoms with van der Waals surface area (Å²) in [6.07, 6.45) is 3.50. The van der Waals surface area contributed by atoms with Crippen molar-refractivity contribution >= 4 is 12.1 Å². The van der Waals surface area contributed by atoms with E-state index in [-0.39, 0.29) is 6.03 Å². The van der Waals surface area contributed by atoms with Crippen molar-refractivity contribution in [3.63, 3.8) is 0 Å². The second-order valence-corrected chi connectivity index (χ2v) is 5.10. The molecule has 0 saturated carbocycles. The molecule has 2 amide bonds. The maximum absolute atomic E-state index is 11.7. The lowest BCUT2D eigenvalue weighted by molar-refractivity contribution is 0.244. The first-order chi connectivity index (χ1) is 10.7. The van der Waals surface area contributed by atoms with Gasteiger partial charge in [-0.15, -0.1) is 0 Å². The van der Waals surface area contributed by atoms with Gasteiger partial charge in [-0.1, -0.05) is 54.1 Å². The van der Waals surface area contributed by atoms with Crippen LogP contribution in [-0.4, -0.2) is 6.03 Å². The predicted octanol–water partition coefficient (Wildman–Crippen LogP) is 2.92. The maximum atomic E-state index is 11.7. The lowest BCUT2D eigenvalue weighted by atomic mass is 10.1. The van der Waals surface area contributed by atoms with E-state index in [1.165, 1.54) is 5.56 Å². The highest BCUT2D eigenvalue weighted by Gasteiger charge is 1.99. The number of carbonyl (C=O) groups is 1. The molecule has 114 valence electrons. The van der Waals surface area contributed by atoms with Gasteiger partial charge in [-0.05, 0) is 29.7 Å². The normalized spacial score (nSPS) is 10.6. The van der Waals surface area contributed by atoms with Crippen LogP contribution >= 0.6 is 0 Å². The first kappa shape index (κ1) is 15.8. The number of carbonyl (C=O) groups excluding carboxylic acids is 1. The number of hydrogen-bond acceptors (Lipinski definition) is 2. The first-order valence-electron chi connectivity index (χ1n) is 7.23. The molecule has 0 heterocycles. The van der Waals surface area contributed by atoms with Crippen molar-refractivity contribution in [2.75, 3.05) is 0 Å². The summed E-state index contributed by atoms with van der Waals surface area (Å²) in [4.78, 5) is 11.7. The Kier molecular flexibility index (Phi) is 5.74. The van der Waals surface area contributed by atoms with E-state index in [0.717, 1.165) is 16.7 Å². The van der Waals surface area contributed by atoms with Gasteiger partial charge in [-0.25, -0.2) is 4.79 Å². The highest BCUT2D eigenvalue weighted by atomic mass is 16.2. The molecule has 0 bridgehead atoms. The van der Waals surface area contributed by atoms with Gasteiger partial charge in [0.05, 0.1) is 0 Å². The van der Waals surface area contributed by atoms with Crippen molar-refractivity contribution in [1.82, 2.24) is 10.6 Å². The van der Waals surface area contributed by atoms with Gasteiger partial charge >= 0.3 is 6.03 Å². The summed E-state index contributed by atoms with van der Waals surface area (Å²) < 4.78 is 0. The Hall–Kier alpha value is -2.59. The maximum Gasteiger partial charge on any atom is 0.319 e. The highest BCUT2D eigenvalue weighted by Crippen LogP contribution is 2.05. The standard InChI is InChI=1S/C18H21N3O/c1-14-4-2-5-15(10-14)8-9-20-18(22)21-13-17-7-3-6-16(11-17)12-19/h2-11H,12-13,19H2,1H3,(H2,20,21,22)/b9-8+. The average Bonchev–Trinajstić information content (AvgIpc) is 2.53. The third-order valence-electron chi connectivity index (χ3n) is 3.21. The molecule has 0 saturated heterocycles. The smallest absolute Gasteiger partial charge is 0.319 e. The van der Waals surface area contributed by atoms with Gasteiger partial charge < -0.3 is 16.4 Å². The SMILES string of the molecule is Cc1cccc(/C=C/NC(=O)NCc2cccc(CN)c2)c1. The first-order valence-corrected chi connectivity index (χ1v) is 7.23. The number of rotatable bonds is 5. The quantitative estimate of drug-likeness (QED) is 0.794. The van der Waals surface area contributed by atoms with E-state index in [2.05, 4.69) is 16.7 Å². The molecule has 0 unspecified atom stereocenters. The molecule has 0 atom stereocenters. The fourth-order valence-corrected chi connectivity index (χ4v) is 2.09. The summed E-state index contributed by atoms with van der Waals surface area (Å²) in [6, 6.07) is 15.7. The minimum absolute atomic E-state index is 0.234. The fraction of sp³-hybridized carbons (Fsp3) is 0.167. The van der Waals surface area contributed by atoms with E-state index < -0.39 is 0 Å². The average molecular weight is 295 g/mol. The predicted molar refractivity (Wildman–Crippen MR) is 89.9 cm³/mol. The van der Waals surface area contributed by atoms with Gasteiger partial charge in [0.1, 0.15) is 0 Å². The number of hydrogen-bond donors (Lipinski definition) is 3. The van der Waals surface area contributed by atoms with Crippen LogP contribution in [0.4, 0.5) is 4.79 Å². The van der Waals surface area contributed by atoms with Gasteiger partial charge in [-0.3, -0.25) is 0 Å². The number of benzene rings is 2. The Labute approximate surface area is 131 Å². The van der Waals surface area contributed by atoms with Crippen LogP contribution in [-0.2, 0) is 13.1 Å². The lowest BCUT2D eigenvalue weighted by Gasteiger charge is -2.06. The molecule has 2 aromatic carbocycles. The Bertz CT molecular complexity index is 665. The summed E-state index contributed by atoms with van der Waals surface area (Å²) in [5, 5.41) is 5.50. The lowest BCUT2D eigenvalue weighted by Crippen LogP contribution is -2.31. The van der Waals surface area contributed by atoms with Gasteiger partial charge in [-0.2, -0.15) is 0 Å². The van der Waals surface area contributed by atoms with E-state index in [1.807, 2.05) is 55.5 Å². The molecule has 0 aliphatic carbocycles. The monoisotopic (exact) mass is 295 g/mol. The van der Waals surface area contributed by atoms with Crippen molar-refractivity contribution in [2.24, 2.45) is 5.73 Å². The van der Waals surface area contributed by atoms with Crippen LogP contribution < -0.4 is 16.4 Å². The van der Waals surface area contributed by atoms with E-state index >= 15 is 0 Å². The van der Waals surface area contributed by atoms with Crippen molar-refractivity contribution < 1.29 is 4.79 Å². The molecular formula is C18H21N3O. The van der Waals surface area contributed by atoms with E-state index in [1.54, 1.807) is 6.20 Å². The molecule has 2 aromatic rings. The largest absolute Gasteiger partial charge is 0.334 e. The van der Waals surface area contributed by atoms with Crippen LogP contribution in [0.5, 0.6) is 0 Å². The number of nitrogens with two attached hydrogens (primary N) is 1. The fourth-order valence-electron chi connectivity index (χ4n) is 2.09. The van der Waals surface area contributed by atoms with Gasteiger partial charge in [0.25, 0.3) is 0 Å². The zero-order valence-corrected chi connectivity index (χ0v) is 12.7. The van der Waals surface area contributed by atoms with Crippen LogP contribution in [0.15, 0.2) is 54.7 Å². The molecule has 0 radical (unpaired) electrons. The molecule has 0 aromatic heterocycles. The van der Waals surface area contributed by atoms with Gasteiger partial charge in [0.2, 0.25) is 0 Å². The number of nitrogens with one attached hydrogen (secondary N) is 2. The molecule has 2 rings (SSSR count). The Morgan fingerprint density at radius 2 is 1.91 bits per heavy atom. The molecule has 0 fully saturated rings. The molecule has 0 aliphatic rings. The van der Waals surface area contributed by atoms with Gasteiger partial charge in [0, 0.05) is 19.3 Å². The summed E-state index contributed by atoms with van der Waals surface area (Å²) >= 11 is 0. The molecule has 4 nitrogen and oxygen atoms in total. The van der Waals surface area contributed by atoms with Crippen molar-refractivity contribution in [2.45, 2.75) is 20.0 Å². The molecule has 0 spiro atoms. The highest BCUT2D eigenvalue weighted by molar-refractivity contribution is 5.75. The molecule has 22 heavy (non-hydrogen) atoms. The van der Waals surface area contributed by atoms with Crippen LogP contribution in [0.2, 0.25) is 0 Å². The Balaban J connectivity index is 1.80. The number of amides is 2. The van der Waals surface area contributed by atoms with E-state index in [4.69, 9.17) is 5.73 Å². The zero-order chi connectivity index (χ0) is 15.8. The van der Waals surface area contributed by atoms with Crippen molar-refractivity contribution in [3.05, 3.63) is 77.0 Å². The second-order valence-electron chi connectivity index (χ2n) is 5.10.